The number of amides is 1. The number of aryl methyl sites for hydroxylation is 1. The van der Waals surface area contributed by atoms with Gasteiger partial charge in [0.25, 0.3) is 5.91 Å². The maximum atomic E-state index is 12.5. The van der Waals surface area contributed by atoms with Crippen LogP contribution in [0.2, 0.25) is 0 Å². The number of rotatable bonds is 8. The minimum absolute atomic E-state index is 0.311. The van der Waals surface area contributed by atoms with Gasteiger partial charge < -0.3 is 9.64 Å². The minimum atomic E-state index is -0.714. The monoisotopic (exact) mass is 377 g/mol. The van der Waals surface area contributed by atoms with Gasteiger partial charge in [-0.2, -0.15) is 0 Å². The van der Waals surface area contributed by atoms with E-state index in [1.807, 2.05) is 37.3 Å². The first-order chi connectivity index (χ1) is 12.4. The molecule has 6 heteroatoms. The number of Topliss-reactive ketones (excluding diaryl/α,β-unsaturated/α-hetero) is 1. The van der Waals surface area contributed by atoms with Crippen LogP contribution in [0.1, 0.15) is 39.2 Å². The third-order valence-electron chi connectivity index (χ3n) is 4.80. The molecule has 1 aliphatic rings. The number of hydrogen-bond acceptors (Lipinski definition) is 5. The topological polar surface area (TPSA) is 63.7 Å². The number of esters is 1. The van der Waals surface area contributed by atoms with Crippen molar-refractivity contribution in [1.82, 2.24) is 4.90 Å². The summed E-state index contributed by atoms with van der Waals surface area (Å²) in [7, 11) is 0. The molecule has 2 rings (SSSR count). The van der Waals surface area contributed by atoms with Gasteiger partial charge in [-0.15, -0.1) is 11.8 Å². The molecular weight excluding hydrogens is 350 g/mol. The lowest BCUT2D eigenvalue weighted by Crippen LogP contribution is -2.48. The number of carbonyl (C=O) groups is 3. The van der Waals surface area contributed by atoms with Crippen LogP contribution in [-0.2, 0) is 25.5 Å². The summed E-state index contributed by atoms with van der Waals surface area (Å²) < 4.78 is 5.36. The van der Waals surface area contributed by atoms with Crippen molar-refractivity contribution in [3.8, 4) is 0 Å². The molecule has 142 valence electrons. The summed E-state index contributed by atoms with van der Waals surface area (Å²) in [6.07, 6.45) is 2.14. The van der Waals surface area contributed by atoms with Crippen molar-refractivity contribution < 1.29 is 19.1 Å². The molecule has 0 aromatic heterocycles. The first kappa shape index (κ1) is 20.5. The Bertz CT molecular complexity index is 644. The first-order valence-corrected chi connectivity index (χ1v) is 10.2. The average Bonchev–Trinajstić information content (AvgIpc) is 3.14. The van der Waals surface area contributed by atoms with Gasteiger partial charge >= 0.3 is 5.97 Å². The first-order valence-electron chi connectivity index (χ1n) is 9.00. The fraction of sp³-hybridized carbons (Fsp3) is 0.550. The van der Waals surface area contributed by atoms with E-state index in [0.29, 0.717) is 24.7 Å². The average molecular weight is 378 g/mol. The molecule has 0 N–H and O–H groups in total. The van der Waals surface area contributed by atoms with Crippen molar-refractivity contribution in [3.05, 3.63) is 35.9 Å². The van der Waals surface area contributed by atoms with Crippen LogP contribution in [-0.4, -0.2) is 46.8 Å². The summed E-state index contributed by atoms with van der Waals surface area (Å²) in [5.41, 5.74) is 0.484. The molecule has 0 aliphatic carbocycles. The standard InChI is InChI=1S/C20H27NO4S/c1-4-20(2,3)17(22)18(23)21-14-26-13-16(21)19(24)25-12-8-11-15-9-6-5-7-10-15/h5-7,9-10,16H,4,8,11-14H2,1-3H3. The van der Waals surface area contributed by atoms with Crippen LogP contribution >= 0.6 is 11.8 Å². The van der Waals surface area contributed by atoms with Gasteiger partial charge in [-0.1, -0.05) is 51.1 Å². The van der Waals surface area contributed by atoms with Crippen molar-refractivity contribution in [3.63, 3.8) is 0 Å². The zero-order chi connectivity index (χ0) is 19.2. The summed E-state index contributed by atoms with van der Waals surface area (Å²) in [5, 5.41) is 0. The Hall–Kier alpha value is -1.82. The number of carbonyl (C=O) groups excluding carboxylic acids is 3. The van der Waals surface area contributed by atoms with Gasteiger partial charge in [0.1, 0.15) is 6.04 Å². The van der Waals surface area contributed by atoms with Gasteiger partial charge in [0.15, 0.2) is 0 Å². The number of thioether (sulfide) groups is 1. The van der Waals surface area contributed by atoms with Gasteiger partial charge in [-0.25, -0.2) is 4.79 Å². The Balaban J connectivity index is 1.85. The molecule has 1 amide bonds. The molecule has 1 aromatic rings. The Kier molecular flexibility index (Phi) is 7.26. The zero-order valence-corrected chi connectivity index (χ0v) is 16.5. The highest BCUT2D eigenvalue weighted by Crippen LogP contribution is 2.27. The largest absolute Gasteiger partial charge is 0.464 e. The van der Waals surface area contributed by atoms with E-state index in [2.05, 4.69) is 0 Å². The van der Waals surface area contributed by atoms with Gasteiger partial charge in [0.05, 0.1) is 12.5 Å². The Morgan fingerprint density at radius 3 is 2.58 bits per heavy atom. The zero-order valence-electron chi connectivity index (χ0n) is 15.7. The second kappa shape index (κ2) is 9.21. The summed E-state index contributed by atoms with van der Waals surface area (Å²) in [6, 6.07) is 9.34. The van der Waals surface area contributed by atoms with Crippen LogP contribution in [0.5, 0.6) is 0 Å². The molecule has 1 heterocycles. The number of nitrogens with zero attached hydrogens (tertiary/aromatic N) is 1. The highest BCUT2D eigenvalue weighted by molar-refractivity contribution is 7.99. The summed E-state index contributed by atoms with van der Waals surface area (Å²) >= 11 is 1.47. The number of ether oxygens (including phenoxy) is 1. The van der Waals surface area contributed by atoms with E-state index >= 15 is 0 Å². The van der Waals surface area contributed by atoms with Crippen LogP contribution < -0.4 is 0 Å². The molecule has 0 radical (unpaired) electrons. The van der Waals surface area contributed by atoms with Crippen molar-refractivity contribution in [2.45, 2.75) is 46.1 Å². The van der Waals surface area contributed by atoms with Crippen LogP contribution in [0.15, 0.2) is 30.3 Å². The van der Waals surface area contributed by atoms with Gasteiger partial charge in [-0.3, -0.25) is 9.59 Å². The molecular formula is C20H27NO4S. The van der Waals surface area contributed by atoms with Crippen molar-refractivity contribution in [1.29, 1.82) is 0 Å². The molecule has 0 bridgehead atoms. The quantitative estimate of drug-likeness (QED) is 0.396. The normalized spacial score (nSPS) is 17.2. The van der Waals surface area contributed by atoms with Gasteiger partial charge in [0, 0.05) is 11.2 Å². The lowest BCUT2D eigenvalue weighted by Gasteiger charge is -2.26. The third kappa shape index (κ3) is 5.10. The maximum absolute atomic E-state index is 12.5. The van der Waals surface area contributed by atoms with E-state index in [1.165, 1.54) is 22.2 Å². The fourth-order valence-corrected chi connectivity index (χ4v) is 3.75. The predicted molar refractivity (Wildman–Crippen MR) is 103 cm³/mol. The summed E-state index contributed by atoms with van der Waals surface area (Å²) in [6.45, 7) is 5.70. The van der Waals surface area contributed by atoms with Crippen LogP contribution in [0.3, 0.4) is 0 Å². The second-order valence-corrected chi connectivity index (χ2v) is 8.11. The predicted octanol–water partition coefficient (Wildman–Crippen LogP) is 3.07. The molecule has 1 aliphatic heterocycles. The Morgan fingerprint density at radius 2 is 1.92 bits per heavy atom. The lowest BCUT2D eigenvalue weighted by molar-refractivity contribution is -0.157. The fourth-order valence-electron chi connectivity index (χ4n) is 2.61. The van der Waals surface area contributed by atoms with Crippen LogP contribution in [0.25, 0.3) is 0 Å². The highest BCUT2D eigenvalue weighted by atomic mass is 32.2. The van der Waals surface area contributed by atoms with Gasteiger partial charge in [0.2, 0.25) is 5.78 Å². The Morgan fingerprint density at radius 1 is 1.23 bits per heavy atom. The number of hydrogen-bond donors (Lipinski definition) is 0. The molecule has 26 heavy (non-hydrogen) atoms. The molecule has 5 nitrogen and oxygen atoms in total. The van der Waals surface area contributed by atoms with Crippen molar-refractivity contribution in [2.24, 2.45) is 5.41 Å². The summed E-state index contributed by atoms with van der Waals surface area (Å²) in [5.74, 6) is -0.604. The Labute approximate surface area is 159 Å². The van der Waals surface area contributed by atoms with Crippen molar-refractivity contribution >= 4 is 29.4 Å². The number of benzene rings is 1. The van der Waals surface area contributed by atoms with E-state index in [4.69, 9.17) is 4.74 Å². The van der Waals surface area contributed by atoms with Crippen LogP contribution in [0, 0.1) is 5.41 Å². The second-order valence-electron chi connectivity index (χ2n) is 7.11. The van der Waals surface area contributed by atoms with E-state index in [1.54, 1.807) is 13.8 Å². The summed E-state index contributed by atoms with van der Waals surface area (Å²) in [4.78, 5) is 38.7. The maximum Gasteiger partial charge on any atom is 0.329 e. The number of ketones is 1. The molecule has 1 atom stereocenters. The van der Waals surface area contributed by atoms with E-state index in [0.717, 1.165) is 12.8 Å². The van der Waals surface area contributed by atoms with E-state index in [9.17, 15) is 14.4 Å². The third-order valence-corrected chi connectivity index (χ3v) is 5.82. The van der Waals surface area contributed by atoms with E-state index in [-0.39, 0.29) is 0 Å². The van der Waals surface area contributed by atoms with Crippen molar-refractivity contribution in [2.75, 3.05) is 18.2 Å². The van der Waals surface area contributed by atoms with Gasteiger partial charge in [-0.05, 0) is 24.8 Å². The minimum Gasteiger partial charge on any atom is -0.464 e. The molecule has 1 saturated heterocycles. The molecule has 0 saturated carbocycles. The molecule has 0 spiro atoms. The smallest absolute Gasteiger partial charge is 0.329 e. The lowest BCUT2D eigenvalue weighted by atomic mass is 9.84. The highest BCUT2D eigenvalue weighted by Gasteiger charge is 2.42. The molecule has 1 fully saturated rings. The van der Waals surface area contributed by atoms with Crippen LogP contribution in [0.4, 0.5) is 0 Å². The SMILES string of the molecule is CCC(C)(C)C(=O)C(=O)N1CSCC1C(=O)OCCCc1ccccc1. The van der Waals surface area contributed by atoms with E-state index < -0.39 is 29.1 Å². The molecule has 1 aromatic carbocycles. The molecule has 1 unspecified atom stereocenters.